The first kappa shape index (κ1) is 14.2. The van der Waals surface area contributed by atoms with E-state index >= 15 is 0 Å². The van der Waals surface area contributed by atoms with Gasteiger partial charge in [-0.05, 0) is 12.8 Å². The fourth-order valence-corrected chi connectivity index (χ4v) is 3.08. The molecule has 2 aliphatic rings. The van der Waals surface area contributed by atoms with Crippen LogP contribution in [0.3, 0.4) is 0 Å². The van der Waals surface area contributed by atoms with Crippen LogP contribution in [0.2, 0.25) is 0 Å². The van der Waals surface area contributed by atoms with Crippen molar-refractivity contribution in [3.05, 3.63) is 12.7 Å². The first-order chi connectivity index (χ1) is 11.1. The summed E-state index contributed by atoms with van der Waals surface area (Å²) in [6.07, 6.45) is 5.91. The van der Waals surface area contributed by atoms with E-state index in [2.05, 4.69) is 24.4 Å². The minimum Gasteiger partial charge on any atom is -0.351 e. The maximum absolute atomic E-state index is 12.0. The van der Waals surface area contributed by atoms with Crippen molar-refractivity contribution in [2.45, 2.75) is 18.9 Å². The van der Waals surface area contributed by atoms with Crippen LogP contribution < -0.4 is 4.90 Å². The van der Waals surface area contributed by atoms with Crippen molar-refractivity contribution in [3.63, 3.8) is 0 Å². The molecule has 23 heavy (non-hydrogen) atoms. The van der Waals surface area contributed by atoms with Gasteiger partial charge in [0.2, 0.25) is 0 Å². The number of fused-ring (bicyclic) bond motifs is 1. The molecule has 1 saturated heterocycles. The van der Waals surface area contributed by atoms with Gasteiger partial charge >= 0.3 is 6.03 Å². The van der Waals surface area contributed by atoms with Gasteiger partial charge in [-0.15, -0.1) is 0 Å². The van der Waals surface area contributed by atoms with Gasteiger partial charge in [0.15, 0.2) is 17.0 Å². The van der Waals surface area contributed by atoms with E-state index in [1.807, 2.05) is 11.2 Å². The summed E-state index contributed by atoms with van der Waals surface area (Å²) < 4.78 is 2.16. The molecule has 2 amide bonds. The van der Waals surface area contributed by atoms with Crippen LogP contribution in [-0.2, 0) is 0 Å². The van der Waals surface area contributed by atoms with E-state index in [-0.39, 0.29) is 6.03 Å². The maximum atomic E-state index is 12.0. The van der Waals surface area contributed by atoms with Gasteiger partial charge in [-0.1, -0.05) is 0 Å². The van der Waals surface area contributed by atoms with E-state index in [4.69, 9.17) is 0 Å². The highest BCUT2D eigenvalue weighted by Crippen LogP contribution is 2.37. The molecule has 2 aromatic rings. The summed E-state index contributed by atoms with van der Waals surface area (Å²) >= 11 is 0. The largest absolute Gasteiger partial charge is 0.351 e. The molecule has 122 valence electrons. The summed E-state index contributed by atoms with van der Waals surface area (Å²) in [4.78, 5) is 31.1. The lowest BCUT2D eigenvalue weighted by atomic mass is 10.3. The Morgan fingerprint density at radius 1 is 1.13 bits per heavy atom. The van der Waals surface area contributed by atoms with E-state index in [9.17, 15) is 4.79 Å². The number of carbonyl (C=O) groups excluding carboxylic acids is 1. The van der Waals surface area contributed by atoms with Gasteiger partial charge in [0.1, 0.15) is 6.33 Å². The number of nitrogens with zero attached hydrogens (tertiary/aromatic N) is 7. The van der Waals surface area contributed by atoms with Crippen LogP contribution in [0.4, 0.5) is 10.6 Å². The standard InChI is InChI=1S/C15H21N7O/c1-19(2)15(23)21-7-5-20(6-8-21)13-12-14(17-9-16-13)22(10-18-12)11-3-4-11/h9-11H,3-8H2,1-2H3. The Hall–Kier alpha value is -2.38. The number of anilines is 1. The summed E-state index contributed by atoms with van der Waals surface area (Å²) in [6.45, 7) is 2.93. The first-order valence-corrected chi connectivity index (χ1v) is 8.04. The molecule has 0 aromatic carbocycles. The van der Waals surface area contributed by atoms with E-state index in [1.165, 1.54) is 12.8 Å². The number of hydrogen-bond donors (Lipinski definition) is 0. The van der Waals surface area contributed by atoms with Crippen molar-refractivity contribution in [2.24, 2.45) is 0 Å². The third kappa shape index (κ3) is 2.47. The minimum absolute atomic E-state index is 0.0653. The Bertz CT molecular complexity index is 729. The smallest absolute Gasteiger partial charge is 0.319 e. The van der Waals surface area contributed by atoms with Crippen LogP contribution in [0, 0.1) is 0 Å². The lowest BCUT2D eigenvalue weighted by Crippen LogP contribution is -2.51. The molecule has 0 radical (unpaired) electrons. The number of imidazole rings is 1. The van der Waals surface area contributed by atoms with Crippen molar-refractivity contribution in [1.82, 2.24) is 29.3 Å². The fourth-order valence-electron chi connectivity index (χ4n) is 3.08. The molecular formula is C15H21N7O. The average Bonchev–Trinajstić information content (AvgIpc) is 3.32. The van der Waals surface area contributed by atoms with Crippen molar-refractivity contribution < 1.29 is 4.79 Å². The fraction of sp³-hybridized carbons (Fsp3) is 0.600. The number of carbonyl (C=O) groups is 1. The highest BCUT2D eigenvalue weighted by molar-refractivity contribution is 5.83. The number of aromatic nitrogens is 4. The van der Waals surface area contributed by atoms with Crippen LogP contribution in [0.25, 0.3) is 11.2 Å². The van der Waals surface area contributed by atoms with Gasteiger partial charge in [-0.25, -0.2) is 19.7 Å². The number of piperazine rings is 1. The van der Waals surface area contributed by atoms with Crippen LogP contribution >= 0.6 is 0 Å². The number of urea groups is 1. The number of amides is 2. The maximum Gasteiger partial charge on any atom is 0.319 e. The predicted octanol–water partition coefficient (Wildman–Crippen LogP) is 0.965. The third-order valence-corrected chi connectivity index (χ3v) is 4.51. The van der Waals surface area contributed by atoms with E-state index in [0.717, 1.165) is 30.1 Å². The zero-order valence-corrected chi connectivity index (χ0v) is 13.5. The van der Waals surface area contributed by atoms with E-state index in [0.29, 0.717) is 19.1 Å². The highest BCUT2D eigenvalue weighted by Gasteiger charge is 2.28. The molecule has 0 N–H and O–H groups in total. The molecular weight excluding hydrogens is 294 g/mol. The Kier molecular flexibility index (Phi) is 3.32. The van der Waals surface area contributed by atoms with Gasteiger partial charge in [0, 0.05) is 46.3 Å². The summed E-state index contributed by atoms with van der Waals surface area (Å²) in [7, 11) is 3.57. The Morgan fingerprint density at radius 3 is 2.52 bits per heavy atom. The second-order valence-electron chi connectivity index (χ2n) is 6.40. The number of rotatable bonds is 2. The monoisotopic (exact) mass is 315 g/mol. The average molecular weight is 315 g/mol. The molecule has 0 bridgehead atoms. The van der Waals surface area contributed by atoms with Crippen LogP contribution in [0.5, 0.6) is 0 Å². The van der Waals surface area contributed by atoms with Crippen molar-refractivity contribution in [3.8, 4) is 0 Å². The normalized spacial score (nSPS) is 18.5. The Labute approximate surface area is 134 Å². The topological polar surface area (TPSA) is 70.4 Å². The summed E-state index contributed by atoms with van der Waals surface area (Å²) in [5.41, 5.74) is 1.79. The molecule has 8 heteroatoms. The predicted molar refractivity (Wildman–Crippen MR) is 86.5 cm³/mol. The zero-order chi connectivity index (χ0) is 16.0. The third-order valence-electron chi connectivity index (χ3n) is 4.51. The molecule has 2 aromatic heterocycles. The zero-order valence-electron chi connectivity index (χ0n) is 13.5. The molecule has 0 spiro atoms. The number of hydrogen-bond acceptors (Lipinski definition) is 5. The van der Waals surface area contributed by atoms with Crippen LogP contribution in [-0.4, -0.2) is 75.6 Å². The summed E-state index contributed by atoms with van der Waals surface area (Å²) in [5, 5.41) is 0. The molecule has 8 nitrogen and oxygen atoms in total. The molecule has 4 rings (SSSR count). The molecule has 1 aliphatic carbocycles. The van der Waals surface area contributed by atoms with Gasteiger partial charge in [0.25, 0.3) is 0 Å². The molecule has 3 heterocycles. The summed E-state index contributed by atoms with van der Waals surface area (Å²) in [6, 6.07) is 0.618. The van der Waals surface area contributed by atoms with Crippen LogP contribution in [0.15, 0.2) is 12.7 Å². The highest BCUT2D eigenvalue weighted by atomic mass is 16.2. The van der Waals surface area contributed by atoms with Crippen molar-refractivity contribution in [2.75, 3.05) is 45.2 Å². The van der Waals surface area contributed by atoms with Gasteiger partial charge < -0.3 is 19.3 Å². The quantitative estimate of drug-likeness (QED) is 0.826. The van der Waals surface area contributed by atoms with Gasteiger partial charge in [-0.2, -0.15) is 0 Å². The molecule has 1 aliphatic heterocycles. The SMILES string of the molecule is CN(C)C(=O)N1CCN(c2ncnc3c2ncn3C2CC2)CC1. The lowest BCUT2D eigenvalue weighted by Gasteiger charge is -2.36. The second-order valence-corrected chi connectivity index (χ2v) is 6.40. The van der Waals surface area contributed by atoms with E-state index in [1.54, 1.807) is 25.3 Å². The molecule has 2 fully saturated rings. The van der Waals surface area contributed by atoms with Gasteiger partial charge in [0.05, 0.1) is 6.33 Å². The van der Waals surface area contributed by atoms with E-state index < -0.39 is 0 Å². The Balaban J connectivity index is 1.55. The van der Waals surface area contributed by atoms with Crippen molar-refractivity contribution >= 4 is 23.0 Å². The lowest BCUT2D eigenvalue weighted by molar-refractivity contribution is 0.168. The molecule has 0 atom stereocenters. The Morgan fingerprint density at radius 2 is 1.87 bits per heavy atom. The first-order valence-electron chi connectivity index (χ1n) is 8.04. The van der Waals surface area contributed by atoms with Crippen molar-refractivity contribution in [1.29, 1.82) is 0 Å². The minimum atomic E-state index is 0.0653. The second kappa shape index (κ2) is 5.36. The molecule has 0 unspecified atom stereocenters. The summed E-state index contributed by atoms with van der Waals surface area (Å²) in [5.74, 6) is 0.881. The van der Waals surface area contributed by atoms with Crippen LogP contribution in [0.1, 0.15) is 18.9 Å². The van der Waals surface area contributed by atoms with Gasteiger partial charge in [-0.3, -0.25) is 0 Å². The molecule has 1 saturated carbocycles.